The lowest BCUT2D eigenvalue weighted by Gasteiger charge is -2.63. The highest BCUT2D eigenvalue weighted by Gasteiger charge is 2.77. The number of hydrogen-bond acceptors (Lipinski definition) is 21. The van der Waals surface area contributed by atoms with Gasteiger partial charge in [-0.15, -0.1) is 0 Å². The van der Waals surface area contributed by atoms with Crippen LogP contribution in [-0.2, 0) is 33.4 Å². The fraction of sp³-hybridized carbons (Fsp3) is 0.852. The molecule has 0 spiro atoms. The van der Waals surface area contributed by atoms with Gasteiger partial charge in [-0.3, -0.25) is 19.3 Å². The van der Waals surface area contributed by atoms with Crippen molar-refractivity contribution in [1.29, 1.82) is 0 Å². The first kappa shape index (κ1) is 42.8. The predicted molar refractivity (Wildman–Crippen MR) is 153 cm³/mol. The molecule has 0 aromatic rings. The second-order valence-electron chi connectivity index (χ2n) is 12.6. The van der Waals surface area contributed by atoms with Crippen molar-refractivity contribution in [3.05, 3.63) is 0 Å². The van der Waals surface area contributed by atoms with Crippen molar-refractivity contribution in [2.75, 3.05) is 19.8 Å². The number of aliphatic hydroxyl groups excluding tert-OH is 10. The van der Waals surface area contributed by atoms with Crippen LogP contribution in [0.25, 0.3) is 0 Å². The highest BCUT2D eigenvalue weighted by atomic mass is 16.7. The first-order chi connectivity index (χ1) is 23.4. The van der Waals surface area contributed by atoms with Gasteiger partial charge in [-0.05, 0) is 6.92 Å². The molecule has 24 heteroatoms. The number of aliphatic carboxylic acids is 1. The molecule has 294 valence electrons. The number of nitrogens with zero attached hydrogens (tertiary/aromatic N) is 1. The molecule has 3 saturated heterocycles. The number of amides is 2. The first-order valence-electron chi connectivity index (χ1n) is 15.2. The summed E-state index contributed by atoms with van der Waals surface area (Å²) in [6, 6.07) is -5.38. The van der Waals surface area contributed by atoms with Crippen molar-refractivity contribution in [3.8, 4) is 0 Å². The minimum atomic E-state index is -4.17. The van der Waals surface area contributed by atoms with E-state index in [1.165, 1.54) is 0 Å². The Morgan fingerprint density at radius 2 is 1.31 bits per heavy atom. The Labute approximate surface area is 286 Å². The summed E-state index contributed by atoms with van der Waals surface area (Å²) in [6.45, 7) is -2.17. The molecule has 0 aliphatic carbocycles. The summed E-state index contributed by atoms with van der Waals surface area (Å²) in [5.74, 6) is -22.6. The third-order valence-electron chi connectivity index (χ3n) is 9.44. The van der Waals surface area contributed by atoms with Crippen molar-refractivity contribution in [2.24, 2.45) is 5.92 Å². The molecule has 24 nitrogen and oxygen atoms in total. The maximum atomic E-state index is 13.5. The van der Waals surface area contributed by atoms with Gasteiger partial charge >= 0.3 is 5.97 Å². The lowest BCUT2D eigenvalue weighted by molar-refractivity contribution is -0.460. The van der Waals surface area contributed by atoms with Gasteiger partial charge in [-0.25, -0.2) is 4.79 Å². The summed E-state index contributed by atoms with van der Waals surface area (Å²) >= 11 is 0. The molecule has 2 amide bonds. The lowest BCUT2D eigenvalue weighted by Crippen LogP contribution is -2.87. The average Bonchev–Trinajstić information content (AvgIpc) is 3.05. The Bertz CT molecular complexity index is 1330. The number of hydrogen-bond donors (Lipinski definition) is 16. The van der Waals surface area contributed by atoms with Crippen molar-refractivity contribution in [3.63, 3.8) is 0 Å². The van der Waals surface area contributed by atoms with Crippen LogP contribution in [0.2, 0.25) is 0 Å². The highest BCUT2D eigenvalue weighted by Crippen LogP contribution is 2.51. The van der Waals surface area contributed by atoms with Crippen LogP contribution < -0.4 is 5.32 Å². The van der Waals surface area contributed by atoms with Crippen LogP contribution in [0.5, 0.6) is 0 Å². The maximum absolute atomic E-state index is 13.5. The van der Waals surface area contributed by atoms with Gasteiger partial charge in [0.15, 0.2) is 5.78 Å². The third-order valence-corrected chi connectivity index (χ3v) is 9.44. The molecule has 0 aromatic carbocycles. The van der Waals surface area contributed by atoms with E-state index in [-0.39, 0.29) is 0 Å². The number of ketones is 1. The van der Waals surface area contributed by atoms with Gasteiger partial charge in [0.2, 0.25) is 23.2 Å². The normalized spacial score (nSPS) is 45.7. The zero-order valence-corrected chi connectivity index (χ0v) is 27.1. The van der Waals surface area contributed by atoms with Crippen molar-refractivity contribution in [2.45, 2.75) is 117 Å². The second kappa shape index (κ2) is 15.0. The van der Waals surface area contributed by atoms with E-state index in [0.29, 0.717) is 13.8 Å². The fourth-order valence-electron chi connectivity index (χ4n) is 6.92. The molecular formula is C27H44N2O22. The van der Waals surface area contributed by atoms with Gasteiger partial charge in [0, 0.05) is 13.8 Å². The zero-order chi connectivity index (χ0) is 39.3. The number of carbonyl (C=O) groups excluding carboxylic acids is 3. The molecule has 16 N–H and O–H groups in total. The summed E-state index contributed by atoms with van der Waals surface area (Å²) < 4.78 is 15.7. The van der Waals surface area contributed by atoms with Gasteiger partial charge in [-0.1, -0.05) is 0 Å². The Balaban J connectivity index is 2.46. The smallest absolute Gasteiger partial charge is 0.364 e. The number of Topliss-reactive ketones (excluding diaryl/α,β-unsaturated/α-hetero) is 1. The molecule has 0 aromatic heterocycles. The van der Waals surface area contributed by atoms with Crippen molar-refractivity contribution >= 4 is 23.6 Å². The molecule has 3 aliphatic heterocycles. The third kappa shape index (κ3) is 6.63. The van der Waals surface area contributed by atoms with E-state index in [2.05, 4.69) is 0 Å². The molecule has 3 heterocycles. The van der Waals surface area contributed by atoms with Crippen LogP contribution in [0, 0.1) is 5.92 Å². The minimum absolute atomic E-state index is 0.396. The molecular weight excluding hydrogens is 704 g/mol. The Morgan fingerprint density at radius 1 is 0.784 bits per heavy atom. The standard InChI is InChI=1S/C27H44N2O22/c1-7(33)24(45)22(42)16(39)12(6-32)50-27(24,48)29(9(3)35)21-18(41)15(38)11(5-31)49-25(21,46)20-17(40)13(28-8(2)34)19(14(37)10(36)4-30)51-26(20,47)23(43)44/h10-22,30-32,36-42,45-48H,4-6H2,1-3H3,(H,28,34)(H,43,44)/t10-,11-,12-,13-,14?,15-,16+,17-,18+,19-,20?,21-,22+,24+,25-,26-,27-/m1/s1. The van der Waals surface area contributed by atoms with Gasteiger partial charge in [-0.2, -0.15) is 0 Å². The summed E-state index contributed by atoms with van der Waals surface area (Å²) in [7, 11) is 0. The van der Waals surface area contributed by atoms with E-state index in [9.17, 15) is 95.8 Å². The van der Waals surface area contributed by atoms with E-state index in [1.54, 1.807) is 0 Å². The number of carbonyl (C=O) groups is 4. The summed E-state index contributed by atoms with van der Waals surface area (Å²) in [4.78, 5) is 50.9. The summed E-state index contributed by atoms with van der Waals surface area (Å²) in [5.41, 5.74) is -3.91. The van der Waals surface area contributed by atoms with Crippen LogP contribution in [0.15, 0.2) is 0 Å². The molecule has 17 atom stereocenters. The predicted octanol–water partition coefficient (Wildman–Crippen LogP) is -10.5. The van der Waals surface area contributed by atoms with E-state index < -0.39 is 150 Å². The van der Waals surface area contributed by atoms with Gasteiger partial charge in [0.1, 0.15) is 66.9 Å². The maximum Gasteiger partial charge on any atom is 0.364 e. The van der Waals surface area contributed by atoms with E-state index in [1.807, 2.05) is 5.32 Å². The van der Waals surface area contributed by atoms with E-state index in [0.717, 1.165) is 6.92 Å². The Kier molecular flexibility index (Phi) is 12.6. The zero-order valence-electron chi connectivity index (χ0n) is 27.1. The molecule has 3 fully saturated rings. The Morgan fingerprint density at radius 3 is 1.75 bits per heavy atom. The summed E-state index contributed by atoms with van der Waals surface area (Å²) in [6.07, 6.45) is -25.0. The highest BCUT2D eigenvalue weighted by molar-refractivity contribution is 5.88. The van der Waals surface area contributed by atoms with Crippen LogP contribution in [-0.4, -0.2) is 221 Å². The first-order valence-corrected chi connectivity index (χ1v) is 15.2. The summed E-state index contributed by atoms with van der Waals surface area (Å²) in [5, 5.41) is 165. The van der Waals surface area contributed by atoms with Crippen molar-refractivity contribution < 1.29 is 110 Å². The average molecular weight is 749 g/mol. The fourth-order valence-corrected chi connectivity index (χ4v) is 6.92. The molecule has 3 aliphatic rings. The quantitative estimate of drug-likeness (QED) is 0.0872. The van der Waals surface area contributed by atoms with Gasteiger partial charge < -0.3 is 96.1 Å². The molecule has 0 bridgehead atoms. The molecule has 51 heavy (non-hydrogen) atoms. The number of rotatable bonds is 11. The number of ether oxygens (including phenoxy) is 3. The topological polar surface area (TPSA) is 415 Å². The number of nitrogens with one attached hydrogen (secondary N) is 1. The minimum Gasteiger partial charge on any atom is -0.477 e. The van der Waals surface area contributed by atoms with Gasteiger partial charge in [0.25, 0.3) is 11.7 Å². The van der Waals surface area contributed by atoms with Gasteiger partial charge in [0.05, 0.1) is 32.0 Å². The van der Waals surface area contributed by atoms with Crippen LogP contribution in [0.3, 0.4) is 0 Å². The lowest BCUT2D eigenvalue weighted by atomic mass is 9.69. The monoisotopic (exact) mass is 748 g/mol. The largest absolute Gasteiger partial charge is 0.477 e. The molecule has 0 radical (unpaired) electrons. The molecule has 2 unspecified atom stereocenters. The molecule has 0 saturated carbocycles. The Hall–Kier alpha value is -2.60. The van der Waals surface area contributed by atoms with Crippen LogP contribution >= 0.6 is 0 Å². The van der Waals surface area contributed by atoms with Crippen LogP contribution in [0.1, 0.15) is 20.8 Å². The van der Waals surface area contributed by atoms with Crippen molar-refractivity contribution in [1.82, 2.24) is 10.2 Å². The number of carboxylic acid groups (broad SMARTS) is 1. The molecule has 3 rings (SSSR count). The van der Waals surface area contributed by atoms with E-state index in [4.69, 9.17) is 14.2 Å². The SMILES string of the molecule is CC(=O)N[C@@H]1[C@@H](O)C([C@@]2(O)O[C@H](CO)[C@@H](O)[C@H](O)[C@H]2N(C(C)=O)[C@]2(O)O[C@H](CO)[C@H](O)[C@H](O)[C@@]2(O)C(C)=O)[C@](O)(C(=O)O)O[C@H]1C(O)[C@H](O)CO. The van der Waals surface area contributed by atoms with E-state index >= 15 is 0 Å². The second-order valence-corrected chi connectivity index (χ2v) is 12.6. The number of carboxylic acids is 1. The van der Waals surface area contributed by atoms with Crippen LogP contribution in [0.4, 0.5) is 0 Å². The number of aliphatic hydroxyl groups is 14.